The molecule has 2 amide bonds. The zero-order valence-electron chi connectivity index (χ0n) is 18.8. The molecule has 1 aliphatic heterocycles. The van der Waals surface area contributed by atoms with Crippen molar-refractivity contribution in [2.45, 2.75) is 50.6 Å². The second-order valence-electron chi connectivity index (χ2n) is 8.84. The highest BCUT2D eigenvalue weighted by molar-refractivity contribution is 5.87. The molecular formula is C26H31N3O3. The number of amides is 2. The molecular weight excluding hydrogens is 402 g/mol. The number of urea groups is 1. The predicted octanol–water partition coefficient (Wildman–Crippen LogP) is 5.17. The number of fused-ring (bicyclic) bond motifs is 3. The van der Waals surface area contributed by atoms with Crippen molar-refractivity contribution in [3.8, 4) is 11.5 Å². The van der Waals surface area contributed by atoms with Crippen molar-refractivity contribution < 1.29 is 14.3 Å². The first-order valence-electron chi connectivity index (χ1n) is 11.6. The van der Waals surface area contributed by atoms with Gasteiger partial charge in [0.1, 0.15) is 11.5 Å². The summed E-state index contributed by atoms with van der Waals surface area (Å²) in [5.74, 6) is 1.63. The Morgan fingerprint density at radius 1 is 1.03 bits per heavy atom. The smallest absolute Gasteiger partial charge is 0.318 e. The van der Waals surface area contributed by atoms with Crippen LogP contribution in [-0.2, 0) is 6.42 Å². The van der Waals surface area contributed by atoms with Crippen molar-refractivity contribution in [2.24, 2.45) is 0 Å². The van der Waals surface area contributed by atoms with Crippen molar-refractivity contribution in [3.63, 3.8) is 0 Å². The number of ether oxygens (including phenoxy) is 2. The average molecular weight is 434 g/mol. The first-order chi connectivity index (χ1) is 15.7. The number of hydrogen-bond donors (Lipinski definition) is 2. The number of rotatable bonds is 4. The fraction of sp³-hybridized carbons (Fsp3) is 0.423. The van der Waals surface area contributed by atoms with Crippen LogP contribution in [0.3, 0.4) is 0 Å². The van der Waals surface area contributed by atoms with E-state index >= 15 is 0 Å². The van der Waals surface area contributed by atoms with Gasteiger partial charge in [0, 0.05) is 29.2 Å². The maximum absolute atomic E-state index is 13.5. The Morgan fingerprint density at radius 3 is 2.59 bits per heavy atom. The highest BCUT2D eigenvalue weighted by Crippen LogP contribution is 2.40. The molecule has 3 aromatic rings. The summed E-state index contributed by atoms with van der Waals surface area (Å²) in [5, 5.41) is 4.49. The first-order valence-corrected chi connectivity index (χ1v) is 11.6. The van der Waals surface area contributed by atoms with E-state index in [2.05, 4.69) is 28.5 Å². The molecule has 2 aliphatic rings. The maximum atomic E-state index is 13.5. The van der Waals surface area contributed by atoms with E-state index in [4.69, 9.17) is 9.47 Å². The molecule has 0 radical (unpaired) electrons. The number of nitrogens with one attached hydrogen (secondary N) is 2. The third-order valence-electron chi connectivity index (χ3n) is 6.94. The largest absolute Gasteiger partial charge is 0.497 e. The third-order valence-corrected chi connectivity index (χ3v) is 6.94. The van der Waals surface area contributed by atoms with E-state index in [0.717, 1.165) is 47.5 Å². The van der Waals surface area contributed by atoms with Gasteiger partial charge < -0.3 is 24.7 Å². The van der Waals surface area contributed by atoms with E-state index in [0.29, 0.717) is 6.54 Å². The van der Waals surface area contributed by atoms with E-state index in [1.54, 1.807) is 14.2 Å². The molecule has 32 heavy (non-hydrogen) atoms. The number of benzene rings is 2. The lowest BCUT2D eigenvalue weighted by Crippen LogP contribution is -2.49. The Kier molecular flexibility index (Phi) is 5.68. The number of methoxy groups -OCH3 is 2. The van der Waals surface area contributed by atoms with Crippen molar-refractivity contribution >= 4 is 16.9 Å². The molecule has 0 saturated heterocycles. The minimum absolute atomic E-state index is 0.0200. The lowest BCUT2D eigenvalue weighted by molar-refractivity contribution is 0.172. The van der Waals surface area contributed by atoms with Crippen LogP contribution in [0.25, 0.3) is 10.9 Å². The van der Waals surface area contributed by atoms with Crippen LogP contribution in [0, 0.1) is 0 Å². The van der Waals surface area contributed by atoms with Gasteiger partial charge in [0.2, 0.25) is 0 Å². The monoisotopic (exact) mass is 433 g/mol. The fourth-order valence-electron chi connectivity index (χ4n) is 5.28. The molecule has 2 aromatic carbocycles. The van der Waals surface area contributed by atoms with Gasteiger partial charge in [0.25, 0.3) is 0 Å². The summed E-state index contributed by atoms with van der Waals surface area (Å²) < 4.78 is 11.0. The van der Waals surface area contributed by atoms with Crippen LogP contribution in [0.4, 0.5) is 4.79 Å². The SMILES string of the molecule is COc1cccc(C2c3[nH]c4ccc(OC)cc4c3CCN2C(=O)NC2CCCCC2)c1. The lowest BCUT2D eigenvalue weighted by atomic mass is 9.92. The van der Waals surface area contributed by atoms with Gasteiger partial charge in [0.15, 0.2) is 0 Å². The summed E-state index contributed by atoms with van der Waals surface area (Å²) in [4.78, 5) is 19.1. The molecule has 1 fully saturated rings. The normalized spacial score (nSPS) is 18.9. The van der Waals surface area contributed by atoms with Crippen LogP contribution < -0.4 is 14.8 Å². The molecule has 6 heteroatoms. The fourth-order valence-corrected chi connectivity index (χ4v) is 5.28. The molecule has 1 unspecified atom stereocenters. The highest BCUT2D eigenvalue weighted by Gasteiger charge is 2.35. The second-order valence-corrected chi connectivity index (χ2v) is 8.84. The number of hydrogen-bond acceptors (Lipinski definition) is 3. The minimum atomic E-state index is -0.198. The van der Waals surface area contributed by atoms with Crippen LogP contribution in [-0.4, -0.2) is 42.7 Å². The predicted molar refractivity (Wildman–Crippen MR) is 126 cm³/mol. The molecule has 1 saturated carbocycles. The summed E-state index contributed by atoms with van der Waals surface area (Å²) in [7, 11) is 3.37. The van der Waals surface area contributed by atoms with Gasteiger partial charge >= 0.3 is 6.03 Å². The number of carbonyl (C=O) groups excluding carboxylic acids is 1. The first kappa shape index (κ1) is 20.7. The van der Waals surface area contributed by atoms with E-state index in [9.17, 15) is 4.79 Å². The van der Waals surface area contributed by atoms with Crippen molar-refractivity contribution in [1.82, 2.24) is 15.2 Å². The Labute approximate surface area is 188 Å². The summed E-state index contributed by atoms with van der Waals surface area (Å²) in [6.45, 7) is 0.664. The van der Waals surface area contributed by atoms with Crippen LogP contribution in [0.5, 0.6) is 11.5 Å². The second kappa shape index (κ2) is 8.77. The summed E-state index contributed by atoms with van der Waals surface area (Å²) in [6.07, 6.45) is 6.60. The van der Waals surface area contributed by atoms with Gasteiger partial charge in [-0.15, -0.1) is 0 Å². The van der Waals surface area contributed by atoms with Crippen LogP contribution in [0.2, 0.25) is 0 Å². The van der Waals surface area contributed by atoms with Crippen molar-refractivity contribution in [1.29, 1.82) is 0 Å². The highest BCUT2D eigenvalue weighted by atomic mass is 16.5. The quantitative estimate of drug-likeness (QED) is 0.596. The number of nitrogens with zero attached hydrogens (tertiary/aromatic N) is 1. The molecule has 1 aromatic heterocycles. The zero-order chi connectivity index (χ0) is 22.1. The van der Waals surface area contributed by atoms with Gasteiger partial charge in [-0.3, -0.25) is 0 Å². The van der Waals surface area contributed by atoms with Gasteiger partial charge in [-0.2, -0.15) is 0 Å². The zero-order valence-corrected chi connectivity index (χ0v) is 18.8. The minimum Gasteiger partial charge on any atom is -0.497 e. The van der Waals surface area contributed by atoms with Crippen molar-refractivity contribution in [3.05, 3.63) is 59.3 Å². The van der Waals surface area contributed by atoms with Gasteiger partial charge in [-0.1, -0.05) is 31.4 Å². The molecule has 2 heterocycles. The molecule has 5 rings (SSSR count). The average Bonchev–Trinajstić information content (AvgIpc) is 3.21. The van der Waals surface area contributed by atoms with Crippen molar-refractivity contribution in [2.75, 3.05) is 20.8 Å². The Bertz CT molecular complexity index is 1120. The van der Waals surface area contributed by atoms with E-state index in [-0.39, 0.29) is 18.1 Å². The van der Waals surface area contributed by atoms with Crippen LogP contribution in [0.1, 0.15) is 55.0 Å². The molecule has 2 N–H and O–H groups in total. The van der Waals surface area contributed by atoms with Crippen LogP contribution in [0.15, 0.2) is 42.5 Å². The Hall–Kier alpha value is -3.15. The molecule has 1 aliphatic carbocycles. The Balaban J connectivity index is 1.56. The lowest BCUT2D eigenvalue weighted by Gasteiger charge is -2.37. The van der Waals surface area contributed by atoms with Gasteiger partial charge in [0.05, 0.1) is 20.3 Å². The van der Waals surface area contributed by atoms with E-state index in [1.165, 1.54) is 30.2 Å². The molecule has 168 valence electrons. The number of aromatic nitrogens is 1. The Morgan fingerprint density at radius 2 is 1.81 bits per heavy atom. The summed E-state index contributed by atoms with van der Waals surface area (Å²) >= 11 is 0. The molecule has 6 nitrogen and oxygen atoms in total. The summed E-state index contributed by atoms with van der Waals surface area (Å²) in [5.41, 5.74) is 4.45. The molecule has 0 bridgehead atoms. The standard InChI is InChI=1S/C26H31N3O3/c1-31-19-10-6-7-17(15-19)25-24-21(22-16-20(32-2)11-12-23(22)28-24)13-14-29(25)26(30)27-18-8-4-3-5-9-18/h6-7,10-12,15-16,18,25,28H,3-5,8-9,13-14H2,1-2H3,(H,27,30). The van der Waals surface area contributed by atoms with Crippen LogP contribution >= 0.6 is 0 Å². The van der Waals surface area contributed by atoms with E-state index in [1.807, 2.05) is 29.2 Å². The van der Waals surface area contributed by atoms with Gasteiger partial charge in [-0.05, 0) is 60.7 Å². The van der Waals surface area contributed by atoms with E-state index < -0.39 is 0 Å². The number of carbonyl (C=O) groups is 1. The summed E-state index contributed by atoms with van der Waals surface area (Å²) in [6, 6.07) is 14.3. The molecule has 0 spiro atoms. The molecule has 1 atom stereocenters. The topological polar surface area (TPSA) is 66.6 Å². The third kappa shape index (κ3) is 3.78. The number of H-pyrrole nitrogens is 1. The number of aromatic amines is 1. The maximum Gasteiger partial charge on any atom is 0.318 e. The van der Waals surface area contributed by atoms with Gasteiger partial charge in [-0.25, -0.2) is 4.79 Å².